The molecule has 0 aromatic carbocycles. The summed E-state index contributed by atoms with van der Waals surface area (Å²) < 4.78 is -0.717. The van der Waals surface area contributed by atoms with Gasteiger partial charge in [-0.25, -0.2) is 9.59 Å². The van der Waals surface area contributed by atoms with Crippen LogP contribution in [0.1, 0.15) is 118 Å². The van der Waals surface area contributed by atoms with Crippen molar-refractivity contribution in [2.75, 3.05) is 0 Å². The largest absolute Gasteiger partial charge is 0.544 e. The van der Waals surface area contributed by atoms with Gasteiger partial charge in [-0.2, -0.15) is 0 Å². The molecule has 0 rings (SSSR count). The highest BCUT2D eigenvalue weighted by Gasteiger charge is 2.49. The molecule has 0 heterocycles. The zero-order valence-corrected chi connectivity index (χ0v) is 21.3. The Labute approximate surface area is 200 Å². The number of aliphatic carboxylic acids is 3. The Bertz CT molecular complexity index is 553. The summed E-state index contributed by atoms with van der Waals surface area (Å²) in [4.78, 5) is 35.0. The molecule has 0 fully saturated rings. The van der Waals surface area contributed by atoms with Crippen LogP contribution in [0.3, 0.4) is 0 Å². The Morgan fingerprint density at radius 2 is 1.06 bits per heavy atom. The normalized spacial score (nSPS) is 16.2. The monoisotopic (exact) mass is 469 g/mol. The van der Waals surface area contributed by atoms with E-state index >= 15 is 0 Å². The minimum Gasteiger partial charge on any atom is -0.544 e. The van der Waals surface area contributed by atoms with E-state index in [2.05, 4.69) is 6.92 Å². The van der Waals surface area contributed by atoms with Crippen LogP contribution in [0.4, 0.5) is 0 Å². The van der Waals surface area contributed by atoms with Gasteiger partial charge in [-0.15, -0.1) is 0 Å². The molecule has 0 amide bonds. The summed E-state index contributed by atoms with van der Waals surface area (Å²) in [5.41, 5.74) is 0. The molecule has 33 heavy (non-hydrogen) atoms. The van der Waals surface area contributed by atoms with Gasteiger partial charge in [0.05, 0.1) is 12.2 Å². The Kier molecular flexibility index (Phi) is 16.6. The molecular weight excluding hydrogens is 422 g/mol. The molecule has 0 spiro atoms. The summed E-state index contributed by atoms with van der Waals surface area (Å²) >= 11 is 0. The van der Waals surface area contributed by atoms with Crippen molar-refractivity contribution in [1.82, 2.24) is 0 Å². The number of nitrogens with zero attached hydrogens (tertiary/aromatic N) is 1. The summed E-state index contributed by atoms with van der Waals surface area (Å²) in [5, 5.41) is 30.7. The maximum atomic E-state index is 11.7. The van der Waals surface area contributed by atoms with Crippen molar-refractivity contribution in [3.63, 3.8) is 0 Å². The maximum absolute atomic E-state index is 11.7. The van der Waals surface area contributed by atoms with Crippen LogP contribution in [0.25, 0.3) is 0 Å². The molecule has 2 N–H and O–H groups in total. The number of carbonyl (C=O) groups excluding carboxylic acids is 1. The number of carboxylic acids is 3. The first kappa shape index (κ1) is 31.1. The molecule has 3 atom stereocenters. The standard InChI is InChI=1S/C26H47NO6/c1-5-6-7-8-9-10-11-12-13-14-15-16-17-18-19-20-27(21(2)24(28)29,22(3)25(30)31)23(4)26(32)33/h19-23H,5-18H2,1-4H3,(H2-,28,29,30,31,32,33)/b20-19+. The molecule has 0 aliphatic heterocycles. The molecule has 0 aliphatic carbocycles. The number of hydrogen-bond acceptors (Lipinski definition) is 4. The Morgan fingerprint density at radius 1 is 0.697 bits per heavy atom. The zero-order valence-electron chi connectivity index (χ0n) is 21.3. The molecule has 7 nitrogen and oxygen atoms in total. The average Bonchev–Trinajstić information content (AvgIpc) is 2.77. The quantitative estimate of drug-likeness (QED) is 0.183. The highest BCUT2D eigenvalue weighted by molar-refractivity contribution is 5.77. The van der Waals surface area contributed by atoms with Gasteiger partial charge < -0.3 is 20.1 Å². The molecule has 0 aromatic rings. The molecule has 0 aliphatic rings. The SMILES string of the molecule is CCCCCCCCCCCCCCC/C=C/[N+](C(C)C(=O)[O-])(C(C)C(=O)O)C(C)C(=O)O. The predicted octanol–water partition coefficient (Wildman–Crippen LogP) is 4.88. The van der Waals surface area contributed by atoms with E-state index in [1.165, 1.54) is 91.2 Å². The molecule has 7 heteroatoms. The van der Waals surface area contributed by atoms with Crippen LogP contribution in [0.5, 0.6) is 0 Å². The van der Waals surface area contributed by atoms with Gasteiger partial charge in [0.1, 0.15) is 6.04 Å². The van der Waals surface area contributed by atoms with Gasteiger partial charge in [-0.05, 0) is 39.7 Å². The van der Waals surface area contributed by atoms with Crippen molar-refractivity contribution in [2.45, 2.75) is 136 Å². The number of carboxylic acid groups (broad SMARTS) is 3. The fraction of sp³-hybridized carbons (Fsp3) is 0.808. The van der Waals surface area contributed by atoms with Gasteiger partial charge >= 0.3 is 11.9 Å². The van der Waals surface area contributed by atoms with Crippen molar-refractivity contribution >= 4 is 17.9 Å². The number of carbonyl (C=O) groups is 3. The molecule has 0 saturated heterocycles. The highest BCUT2D eigenvalue weighted by Crippen LogP contribution is 2.27. The van der Waals surface area contributed by atoms with Crippen molar-refractivity contribution in [1.29, 1.82) is 0 Å². The molecule has 0 radical (unpaired) electrons. The first-order valence-corrected chi connectivity index (χ1v) is 12.8. The number of quaternary nitrogens is 1. The molecule has 0 saturated carbocycles. The van der Waals surface area contributed by atoms with Crippen LogP contribution in [0, 0.1) is 0 Å². The number of unbranched alkanes of at least 4 members (excludes halogenated alkanes) is 13. The Hall–Kier alpha value is -1.89. The lowest BCUT2D eigenvalue weighted by molar-refractivity contribution is -0.923. The van der Waals surface area contributed by atoms with Crippen LogP contribution in [0.15, 0.2) is 12.3 Å². The van der Waals surface area contributed by atoms with Gasteiger partial charge in [0.15, 0.2) is 12.1 Å². The van der Waals surface area contributed by atoms with E-state index in [0.29, 0.717) is 6.42 Å². The van der Waals surface area contributed by atoms with E-state index in [-0.39, 0.29) is 0 Å². The van der Waals surface area contributed by atoms with E-state index in [1.54, 1.807) is 6.08 Å². The van der Waals surface area contributed by atoms with Crippen LogP contribution in [0.2, 0.25) is 0 Å². The number of rotatable bonds is 21. The maximum Gasteiger partial charge on any atom is 0.362 e. The Morgan fingerprint density at radius 3 is 1.39 bits per heavy atom. The number of allylic oxidation sites excluding steroid dienone is 1. The van der Waals surface area contributed by atoms with Gasteiger partial charge in [0.2, 0.25) is 0 Å². The molecule has 0 bridgehead atoms. The third-order valence-corrected chi connectivity index (χ3v) is 6.91. The lowest BCUT2D eigenvalue weighted by Gasteiger charge is -2.46. The summed E-state index contributed by atoms with van der Waals surface area (Å²) in [6.45, 7) is 6.23. The van der Waals surface area contributed by atoms with Crippen LogP contribution in [-0.4, -0.2) is 50.7 Å². The topological polar surface area (TPSA) is 115 Å². The van der Waals surface area contributed by atoms with E-state index in [0.717, 1.165) is 19.3 Å². The zero-order chi connectivity index (χ0) is 25.3. The average molecular weight is 470 g/mol. The van der Waals surface area contributed by atoms with Crippen LogP contribution >= 0.6 is 0 Å². The van der Waals surface area contributed by atoms with Gasteiger partial charge in [0.25, 0.3) is 0 Å². The van der Waals surface area contributed by atoms with Crippen LogP contribution in [-0.2, 0) is 14.4 Å². The first-order chi connectivity index (χ1) is 15.6. The van der Waals surface area contributed by atoms with E-state index in [4.69, 9.17) is 0 Å². The second-order valence-electron chi connectivity index (χ2n) is 9.33. The van der Waals surface area contributed by atoms with E-state index < -0.39 is 40.5 Å². The molecule has 192 valence electrons. The summed E-state index contributed by atoms with van der Waals surface area (Å²) in [6, 6.07) is -3.80. The fourth-order valence-corrected chi connectivity index (χ4v) is 4.50. The smallest absolute Gasteiger partial charge is 0.362 e. The van der Waals surface area contributed by atoms with Gasteiger partial charge in [-0.1, -0.05) is 84.0 Å². The third-order valence-electron chi connectivity index (χ3n) is 6.91. The lowest BCUT2D eigenvalue weighted by atomic mass is 10.0. The second-order valence-corrected chi connectivity index (χ2v) is 9.33. The second kappa shape index (κ2) is 17.6. The van der Waals surface area contributed by atoms with Crippen molar-refractivity contribution in [3.05, 3.63) is 12.3 Å². The Balaban J connectivity index is 4.53. The lowest BCUT2D eigenvalue weighted by Crippen LogP contribution is -2.68. The minimum atomic E-state index is -1.47. The van der Waals surface area contributed by atoms with Crippen LogP contribution < -0.4 is 5.11 Å². The molecule has 0 aromatic heterocycles. The molecule has 3 unspecified atom stereocenters. The summed E-state index contributed by atoms with van der Waals surface area (Å²) in [5.74, 6) is -3.97. The van der Waals surface area contributed by atoms with Gasteiger partial charge in [0, 0.05) is 0 Å². The first-order valence-electron chi connectivity index (χ1n) is 12.8. The highest BCUT2D eigenvalue weighted by atomic mass is 16.4. The van der Waals surface area contributed by atoms with Crippen molar-refractivity contribution in [3.8, 4) is 0 Å². The molecular formula is C26H47NO6. The van der Waals surface area contributed by atoms with Crippen molar-refractivity contribution in [2.24, 2.45) is 0 Å². The van der Waals surface area contributed by atoms with E-state index in [9.17, 15) is 29.7 Å². The minimum absolute atomic E-state index is 0.649. The summed E-state index contributed by atoms with van der Waals surface area (Å²) in [6.07, 6.45) is 20.0. The summed E-state index contributed by atoms with van der Waals surface area (Å²) in [7, 11) is 0. The van der Waals surface area contributed by atoms with Crippen molar-refractivity contribution < 1.29 is 34.2 Å². The van der Waals surface area contributed by atoms with Gasteiger partial charge in [-0.3, -0.25) is 4.48 Å². The predicted molar refractivity (Wildman–Crippen MR) is 128 cm³/mol. The third kappa shape index (κ3) is 11.2. The fourth-order valence-electron chi connectivity index (χ4n) is 4.50. The van der Waals surface area contributed by atoms with E-state index in [1.807, 2.05) is 0 Å². The number of hydrogen-bond donors (Lipinski definition) is 2.